The van der Waals surface area contributed by atoms with Crippen molar-refractivity contribution in [2.24, 2.45) is 21.6 Å². The fourth-order valence-electron chi connectivity index (χ4n) is 5.49. The first-order chi connectivity index (χ1) is 18.9. The summed E-state index contributed by atoms with van der Waals surface area (Å²) in [5.74, 6) is -1.67. The monoisotopic (exact) mass is 533 g/mol. The zero-order chi connectivity index (χ0) is 27.5. The van der Waals surface area contributed by atoms with Crippen LogP contribution in [0.25, 0.3) is 5.57 Å². The highest BCUT2D eigenvalue weighted by Crippen LogP contribution is 2.35. The molecule has 1 amide bonds. The molecular formula is C30H33F2N5O2. The van der Waals surface area contributed by atoms with E-state index < -0.39 is 11.6 Å². The second kappa shape index (κ2) is 11.5. The predicted molar refractivity (Wildman–Crippen MR) is 150 cm³/mol. The van der Waals surface area contributed by atoms with Crippen LogP contribution in [0.15, 0.2) is 58.8 Å². The summed E-state index contributed by atoms with van der Waals surface area (Å²) >= 11 is 0. The minimum Gasteiger partial charge on any atom is -0.494 e. The quantitative estimate of drug-likeness (QED) is 0.464. The molecule has 0 bridgehead atoms. The highest BCUT2D eigenvalue weighted by atomic mass is 19.2. The SMILES string of the molecule is CCc1cc(NC2=NC=CCC3CC(c4ccc(OC)c(F)c4F)=CN=C23)ccc1C(=O)N[C@@H]1CCC[C@@H]1N. The summed E-state index contributed by atoms with van der Waals surface area (Å²) in [6, 6.07) is 8.59. The topological polar surface area (TPSA) is 101 Å². The van der Waals surface area contributed by atoms with Crippen LogP contribution < -0.4 is 21.1 Å². The Labute approximate surface area is 226 Å². The maximum absolute atomic E-state index is 14.8. The Morgan fingerprint density at radius 1 is 1.15 bits per heavy atom. The van der Waals surface area contributed by atoms with Gasteiger partial charge in [-0.3, -0.25) is 9.79 Å². The number of benzene rings is 2. The number of hydrogen-bond acceptors (Lipinski definition) is 6. The van der Waals surface area contributed by atoms with Crippen LogP contribution in [0.5, 0.6) is 5.75 Å². The van der Waals surface area contributed by atoms with Crippen LogP contribution >= 0.6 is 0 Å². The molecule has 5 rings (SSSR count). The number of halogens is 2. The number of allylic oxidation sites excluding steroid dienone is 2. The molecule has 1 fully saturated rings. The first-order valence-corrected chi connectivity index (χ1v) is 13.4. The number of amides is 1. The maximum Gasteiger partial charge on any atom is 0.251 e. The number of nitrogens with zero attached hydrogens (tertiary/aromatic N) is 2. The third-order valence-corrected chi connectivity index (χ3v) is 7.68. The highest BCUT2D eigenvalue weighted by molar-refractivity contribution is 6.47. The van der Waals surface area contributed by atoms with Gasteiger partial charge in [-0.15, -0.1) is 0 Å². The lowest BCUT2D eigenvalue weighted by atomic mass is 9.86. The van der Waals surface area contributed by atoms with Gasteiger partial charge >= 0.3 is 0 Å². The number of nitrogens with one attached hydrogen (secondary N) is 2. The lowest BCUT2D eigenvalue weighted by Gasteiger charge is -2.24. The minimum atomic E-state index is -1.01. The fourth-order valence-corrected chi connectivity index (χ4v) is 5.49. The molecule has 7 nitrogen and oxygen atoms in total. The van der Waals surface area contributed by atoms with Crippen molar-refractivity contribution in [2.75, 3.05) is 12.4 Å². The minimum absolute atomic E-state index is 0.000264. The van der Waals surface area contributed by atoms with E-state index in [2.05, 4.69) is 20.6 Å². The highest BCUT2D eigenvalue weighted by Gasteiger charge is 2.29. The van der Waals surface area contributed by atoms with Gasteiger partial charge in [-0.2, -0.15) is 4.39 Å². The van der Waals surface area contributed by atoms with Gasteiger partial charge < -0.3 is 21.1 Å². The van der Waals surface area contributed by atoms with E-state index in [4.69, 9.17) is 10.5 Å². The lowest BCUT2D eigenvalue weighted by molar-refractivity contribution is 0.0933. The number of carbonyl (C=O) groups is 1. The molecule has 1 saturated carbocycles. The van der Waals surface area contributed by atoms with Gasteiger partial charge in [-0.25, -0.2) is 9.38 Å². The van der Waals surface area contributed by atoms with Crippen molar-refractivity contribution in [1.82, 2.24) is 5.32 Å². The van der Waals surface area contributed by atoms with Crippen molar-refractivity contribution in [3.05, 3.63) is 77.1 Å². The molecule has 0 spiro atoms. The second-order valence-electron chi connectivity index (χ2n) is 10.1. The smallest absolute Gasteiger partial charge is 0.251 e. The molecule has 3 atom stereocenters. The van der Waals surface area contributed by atoms with Crippen molar-refractivity contribution in [1.29, 1.82) is 0 Å². The van der Waals surface area contributed by atoms with E-state index in [1.165, 1.54) is 19.2 Å². The van der Waals surface area contributed by atoms with Gasteiger partial charge in [0.25, 0.3) is 5.91 Å². The van der Waals surface area contributed by atoms with Gasteiger partial charge in [0, 0.05) is 47.2 Å². The summed E-state index contributed by atoms with van der Waals surface area (Å²) in [4.78, 5) is 22.2. The summed E-state index contributed by atoms with van der Waals surface area (Å²) < 4.78 is 34.0. The number of methoxy groups -OCH3 is 1. The Morgan fingerprint density at radius 3 is 2.74 bits per heavy atom. The average Bonchev–Trinajstić information content (AvgIpc) is 3.24. The predicted octanol–water partition coefficient (Wildman–Crippen LogP) is 5.38. The Bertz CT molecular complexity index is 1400. The number of rotatable bonds is 6. The van der Waals surface area contributed by atoms with Crippen LogP contribution in [0.3, 0.4) is 0 Å². The van der Waals surface area contributed by atoms with Crippen LogP contribution in [-0.2, 0) is 6.42 Å². The Hall–Kier alpha value is -3.85. The average molecular weight is 534 g/mol. The molecule has 204 valence electrons. The molecule has 2 heterocycles. The van der Waals surface area contributed by atoms with Crippen LogP contribution in [0, 0.1) is 17.6 Å². The van der Waals surface area contributed by atoms with Crippen molar-refractivity contribution in [3.8, 4) is 5.75 Å². The van der Waals surface area contributed by atoms with E-state index in [0.717, 1.165) is 36.2 Å². The standard InChI is InChI=1S/C30H33F2N5O2/c1-3-17-15-20(9-10-22(17)30(38)37-24-8-4-7-23(24)33)36-29-28-18(6-5-13-34-29)14-19(16-35-28)21-11-12-25(39-2)27(32)26(21)31/h5,9-13,15-16,18,23-24H,3-4,6-8,14,33H2,1-2H3,(H,34,36)(H,37,38)/t18?,23-,24+/m0/s1. The van der Waals surface area contributed by atoms with E-state index in [9.17, 15) is 13.6 Å². The zero-order valence-corrected chi connectivity index (χ0v) is 22.1. The fraction of sp³-hybridized carbons (Fsp3) is 0.367. The van der Waals surface area contributed by atoms with Crippen LogP contribution in [0.2, 0.25) is 0 Å². The van der Waals surface area contributed by atoms with Crippen molar-refractivity contribution in [3.63, 3.8) is 0 Å². The largest absolute Gasteiger partial charge is 0.494 e. The molecule has 3 aliphatic rings. The van der Waals surface area contributed by atoms with Gasteiger partial charge in [-0.05, 0) is 80.0 Å². The van der Waals surface area contributed by atoms with Crippen LogP contribution in [0.4, 0.5) is 14.5 Å². The molecule has 1 unspecified atom stereocenters. The molecular weight excluding hydrogens is 500 g/mol. The van der Waals surface area contributed by atoms with Crippen molar-refractivity contribution >= 4 is 28.7 Å². The number of aryl methyl sites for hydroxylation is 1. The van der Waals surface area contributed by atoms with E-state index in [1.54, 1.807) is 12.4 Å². The summed E-state index contributed by atoms with van der Waals surface area (Å²) in [7, 11) is 1.30. The number of fused-ring (bicyclic) bond motifs is 1. The van der Waals surface area contributed by atoms with Crippen LogP contribution in [-0.4, -0.2) is 36.6 Å². The lowest BCUT2D eigenvalue weighted by Crippen LogP contribution is -2.44. The summed E-state index contributed by atoms with van der Waals surface area (Å²) in [6.45, 7) is 2.01. The molecule has 1 aliphatic carbocycles. The summed E-state index contributed by atoms with van der Waals surface area (Å²) in [5.41, 5.74) is 10.0. The zero-order valence-electron chi connectivity index (χ0n) is 22.1. The molecule has 39 heavy (non-hydrogen) atoms. The summed E-state index contributed by atoms with van der Waals surface area (Å²) in [6.07, 6.45) is 9.94. The number of amidine groups is 1. The van der Waals surface area contributed by atoms with Crippen molar-refractivity contribution in [2.45, 2.75) is 57.5 Å². The molecule has 0 saturated heterocycles. The third-order valence-electron chi connectivity index (χ3n) is 7.68. The number of nitrogens with two attached hydrogens (primary N) is 1. The van der Waals surface area contributed by atoms with Gasteiger partial charge in [0.15, 0.2) is 17.4 Å². The van der Waals surface area contributed by atoms with Gasteiger partial charge in [0.2, 0.25) is 5.82 Å². The second-order valence-corrected chi connectivity index (χ2v) is 10.1. The number of ether oxygens (including phenoxy) is 1. The Morgan fingerprint density at radius 2 is 2.00 bits per heavy atom. The number of aliphatic imine (C=N–C) groups is 2. The van der Waals surface area contributed by atoms with Gasteiger partial charge in [0.05, 0.1) is 12.8 Å². The van der Waals surface area contributed by atoms with E-state index >= 15 is 0 Å². The van der Waals surface area contributed by atoms with E-state index in [-0.39, 0.29) is 35.2 Å². The molecule has 9 heteroatoms. The number of anilines is 1. The van der Waals surface area contributed by atoms with Crippen LogP contribution in [0.1, 0.15) is 60.5 Å². The number of hydrogen-bond donors (Lipinski definition) is 3. The molecule has 2 aliphatic heterocycles. The van der Waals surface area contributed by atoms with Crippen molar-refractivity contribution < 1.29 is 18.3 Å². The Kier molecular flexibility index (Phi) is 7.88. The normalized spacial score (nSPS) is 22.3. The number of carbonyl (C=O) groups excluding carboxylic acids is 1. The molecule has 0 aromatic heterocycles. The van der Waals surface area contributed by atoms with E-state index in [1.807, 2.05) is 31.2 Å². The first kappa shape index (κ1) is 26.7. The molecule has 0 radical (unpaired) electrons. The van der Waals surface area contributed by atoms with E-state index in [0.29, 0.717) is 36.2 Å². The maximum atomic E-state index is 14.8. The van der Waals surface area contributed by atoms with Gasteiger partial charge in [0.1, 0.15) is 0 Å². The molecule has 4 N–H and O–H groups in total. The summed E-state index contributed by atoms with van der Waals surface area (Å²) in [5, 5.41) is 6.47. The first-order valence-electron chi connectivity index (χ1n) is 13.4. The third kappa shape index (κ3) is 5.49. The molecule has 2 aromatic rings. The Balaban J connectivity index is 1.37. The molecule has 2 aromatic carbocycles. The van der Waals surface area contributed by atoms with Gasteiger partial charge in [-0.1, -0.05) is 13.0 Å².